The molecule has 1 aliphatic carbocycles. The van der Waals surface area contributed by atoms with E-state index >= 15 is 0 Å². The van der Waals surface area contributed by atoms with E-state index in [1.54, 1.807) is 39.0 Å². The molecule has 0 radical (unpaired) electrons. The SMILES string of the molecule is CC(C)(C)OC(=O)NC(CCC(N)=O)C(=O)N(C1CCC1)C(C(=O)Nc1ccc2ccccc2c1)c1ccc(O)cc1. The van der Waals surface area contributed by atoms with Crippen molar-refractivity contribution < 1.29 is 29.0 Å². The first-order valence-electron chi connectivity index (χ1n) is 14.1. The molecule has 10 heteroatoms. The number of benzene rings is 3. The van der Waals surface area contributed by atoms with E-state index in [9.17, 15) is 24.3 Å². The van der Waals surface area contributed by atoms with Crippen molar-refractivity contribution in [2.24, 2.45) is 5.73 Å². The van der Waals surface area contributed by atoms with Crippen LogP contribution in [0.15, 0.2) is 66.7 Å². The molecule has 0 spiro atoms. The number of phenols is 1. The van der Waals surface area contributed by atoms with E-state index < -0.39 is 41.5 Å². The highest BCUT2D eigenvalue weighted by Crippen LogP contribution is 2.35. The Balaban J connectivity index is 1.71. The lowest BCUT2D eigenvalue weighted by atomic mass is 9.87. The summed E-state index contributed by atoms with van der Waals surface area (Å²) in [4.78, 5) is 54.2. The van der Waals surface area contributed by atoms with Crippen LogP contribution in [-0.4, -0.2) is 51.5 Å². The smallest absolute Gasteiger partial charge is 0.408 e. The van der Waals surface area contributed by atoms with Crippen LogP contribution in [0, 0.1) is 0 Å². The van der Waals surface area contributed by atoms with Crippen LogP contribution in [0.5, 0.6) is 5.75 Å². The Kier molecular flexibility index (Phi) is 9.35. The lowest BCUT2D eigenvalue weighted by Crippen LogP contribution is -2.57. The van der Waals surface area contributed by atoms with Crippen LogP contribution < -0.4 is 16.4 Å². The zero-order valence-electron chi connectivity index (χ0n) is 24.1. The average molecular weight is 575 g/mol. The summed E-state index contributed by atoms with van der Waals surface area (Å²) in [6, 6.07) is 16.9. The Labute approximate surface area is 245 Å². The van der Waals surface area contributed by atoms with Gasteiger partial charge in [-0.15, -0.1) is 0 Å². The minimum atomic E-state index is -1.17. The normalized spacial score (nSPS) is 14.7. The summed E-state index contributed by atoms with van der Waals surface area (Å²) < 4.78 is 5.38. The fourth-order valence-corrected chi connectivity index (χ4v) is 4.93. The van der Waals surface area contributed by atoms with Crippen molar-refractivity contribution >= 4 is 40.3 Å². The number of rotatable bonds is 10. The van der Waals surface area contributed by atoms with Gasteiger partial charge < -0.3 is 31.1 Å². The summed E-state index contributed by atoms with van der Waals surface area (Å²) in [6.45, 7) is 5.10. The predicted molar refractivity (Wildman–Crippen MR) is 159 cm³/mol. The van der Waals surface area contributed by atoms with Gasteiger partial charge in [-0.3, -0.25) is 14.4 Å². The van der Waals surface area contributed by atoms with Crippen LogP contribution in [0.3, 0.4) is 0 Å². The summed E-state index contributed by atoms with van der Waals surface area (Å²) >= 11 is 0. The molecule has 4 rings (SSSR count). The third-order valence-electron chi connectivity index (χ3n) is 7.14. The van der Waals surface area contributed by atoms with Gasteiger partial charge in [0.05, 0.1) is 0 Å². The maximum Gasteiger partial charge on any atom is 0.408 e. The highest BCUT2D eigenvalue weighted by Gasteiger charge is 2.42. The molecule has 0 bridgehead atoms. The zero-order valence-corrected chi connectivity index (χ0v) is 24.1. The van der Waals surface area contributed by atoms with E-state index in [1.807, 2.05) is 36.4 Å². The molecule has 0 saturated heterocycles. The minimum Gasteiger partial charge on any atom is -0.508 e. The quantitative estimate of drug-likeness (QED) is 0.274. The first-order chi connectivity index (χ1) is 19.9. The fourth-order valence-electron chi connectivity index (χ4n) is 4.93. The number of fused-ring (bicyclic) bond motifs is 1. The largest absolute Gasteiger partial charge is 0.508 e. The summed E-state index contributed by atoms with van der Waals surface area (Å²) in [5.41, 5.74) is 5.61. The van der Waals surface area contributed by atoms with Crippen LogP contribution in [-0.2, 0) is 19.1 Å². The van der Waals surface area contributed by atoms with Crippen molar-refractivity contribution in [2.75, 3.05) is 5.32 Å². The number of nitrogens with zero attached hydrogens (tertiary/aromatic N) is 1. The first kappa shape index (κ1) is 30.4. The molecule has 222 valence electrons. The van der Waals surface area contributed by atoms with Crippen molar-refractivity contribution in [3.05, 3.63) is 72.3 Å². The monoisotopic (exact) mass is 574 g/mol. The molecule has 0 aliphatic heterocycles. The van der Waals surface area contributed by atoms with Gasteiger partial charge in [-0.25, -0.2) is 4.79 Å². The number of hydrogen-bond donors (Lipinski definition) is 4. The van der Waals surface area contributed by atoms with Crippen molar-refractivity contribution in [2.45, 2.75) is 76.6 Å². The van der Waals surface area contributed by atoms with Crippen molar-refractivity contribution in [3.8, 4) is 5.75 Å². The maximum absolute atomic E-state index is 14.3. The van der Waals surface area contributed by atoms with Gasteiger partial charge in [-0.1, -0.05) is 42.5 Å². The van der Waals surface area contributed by atoms with E-state index in [4.69, 9.17) is 10.5 Å². The molecule has 1 aliphatic rings. The van der Waals surface area contributed by atoms with Gasteiger partial charge in [0.25, 0.3) is 5.91 Å². The number of carbonyl (C=O) groups excluding carboxylic acids is 4. The highest BCUT2D eigenvalue weighted by molar-refractivity contribution is 6.00. The number of phenolic OH excluding ortho intramolecular Hbond substituents is 1. The molecule has 0 aromatic heterocycles. The molecule has 42 heavy (non-hydrogen) atoms. The second-order valence-electron chi connectivity index (χ2n) is 11.6. The van der Waals surface area contributed by atoms with Gasteiger partial charge in [0.15, 0.2) is 0 Å². The Morgan fingerprint density at radius 3 is 2.26 bits per heavy atom. The van der Waals surface area contributed by atoms with E-state index in [0.717, 1.165) is 17.2 Å². The van der Waals surface area contributed by atoms with Gasteiger partial charge in [0.1, 0.15) is 23.4 Å². The molecule has 1 saturated carbocycles. The Morgan fingerprint density at radius 2 is 1.67 bits per heavy atom. The Hall–Kier alpha value is -4.60. The van der Waals surface area contributed by atoms with E-state index in [1.165, 1.54) is 17.0 Å². The van der Waals surface area contributed by atoms with Crippen LogP contribution in [0.1, 0.15) is 64.5 Å². The maximum atomic E-state index is 14.3. The van der Waals surface area contributed by atoms with Crippen molar-refractivity contribution in [3.63, 3.8) is 0 Å². The van der Waals surface area contributed by atoms with E-state index in [-0.39, 0.29) is 24.6 Å². The molecule has 5 N–H and O–H groups in total. The number of aromatic hydroxyl groups is 1. The first-order valence-corrected chi connectivity index (χ1v) is 14.1. The van der Waals surface area contributed by atoms with Crippen LogP contribution in [0.4, 0.5) is 10.5 Å². The minimum absolute atomic E-state index is 0.0138. The average Bonchev–Trinajstić information content (AvgIpc) is 2.89. The Morgan fingerprint density at radius 1 is 1.00 bits per heavy atom. The molecule has 0 heterocycles. The second-order valence-corrected chi connectivity index (χ2v) is 11.6. The number of nitrogens with one attached hydrogen (secondary N) is 2. The topological polar surface area (TPSA) is 151 Å². The predicted octanol–water partition coefficient (Wildman–Crippen LogP) is 4.77. The standard InChI is InChI=1S/C32H38N4O6/c1-32(2,3)42-31(41)35-26(17-18-27(33)38)30(40)36(24-9-6-10-24)28(21-12-15-25(37)16-13-21)29(39)34-23-14-11-20-7-4-5-8-22(20)19-23/h4-5,7-8,11-16,19,24,26,28,37H,6,9-10,17-18H2,1-3H3,(H2,33,38)(H,34,39)(H,35,41). The number of alkyl carbamates (subject to hydrolysis) is 1. The number of primary amides is 1. The number of amides is 4. The molecule has 4 amide bonds. The number of hydrogen-bond acceptors (Lipinski definition) is 6. The molecule has 3 aromatic rings. The molecular weight excluding hydrogens is 536 g/mol. The summed E-state index contributed by atoms with van der Waals surface area (Å²) in [6.07, 6.45) is 1.16. The third-order valence-corrected chi connectivity index (χ3v) is 7.14. The van der Waals surface area contributed by atoms with Gasteiger partial charge in [0.2, 0.25) is 11.8 Å². The highest BCUT2D eigenvalue weighted by atomic mass is 16.6. The van der Waals surface area contributed by atoms with Crippen LogP contribution >= 0.6 is 0 Å². The molecule has 10 nitrogen and oxygen atoms in total. The van der Waals surface area contributed by atoms with Crippen LogP contribution in [0.25, 0.3) is 10.8 Å². The van der Waals surface area contributed by atoms with Crippen LogP contribution in [0.2, 0.25) is 0 Å². The lowest BCUT2D eigenvalue weighted by molar-refractivity contribution is -0.146. The molecular formula is C32H38N4O6. The zero-order chi connectivity index (χ0) is 30.4. The van der Waals surface area contributed by atoms with Crippen molar-refractivity contribution in [1.29, 1.82) is 0 Å². The number of nitrogens with two attached hydrogens (primary N) is 1. The summed E-state index contributed by atoms with van der Waals surface area (Å²) in [7, 11) is 0. The van der Waals surface area contributed by atoms with Gasteiger partial charge >= 0.3 is 6.09 Å². The number of anilines is 1. The van der Waals surface area contributed by atoms with Gasteiger partial charge in [-0.2, -0.15) is 0 Å². The van der Waals surface area contributed by atoms with Crippen molar-refractivity contribution in [1.82, 2.24) is 10.2 Å². The molecule has 2 unspecified atom stereocenters. The molecule has 1 fully saturated rings. The summed E-state index contributed by atoms with van der Waals surface area (Å²) in [5, 5.41) is 17.5. The fraction of sp³-hybridized carbons (Fsp3) is 0.375. The molecule has 3 aromatic carbocycles. The Bertz CT molecular complexity index is 1450. The van der Waals surface area contributed by atoms with Gasteiger partial charge in [0, 0.05) is 18.2 Å². The molecule has 2 atom stereocenters. The lowest BCUT2D eigenvalue weighted by Gasteiger charge is -2.43. The second kappa shape index (κ2) is 12.9. The summed E-state index contributed by atoms with van der Waals surface area (Å²) in [5.74, 6) is -1.60. The number of carbonyl (C=O) groups is 4. The van der Waals surface area contributed by atoms with E-state index in [0.29, 0.717) is 24.1 Å². The van der Waals surface area contributed by atoms with E-state index in [2.05, 4.69) is 10.6 Å². The number of ether oxygens (including phenoxy) is 1. The third kappa shape index (κ3) is 7.78. The van der Waals surface area contributed by atoms with Gasteiger partial charge in [-0.05, 0) is 87.1 Å².